The fraction of sp³-hybridized carbons (Fsp3) is 0.278. The topological polar surface area (TPSA) is 67.1 Å². The van der Waals surface area contributed by atoms with Crippen LogP contribution in [0.3, 0.4) is 0 Å². The monoisotopic (exact) mass is 341 g/mol. The van der Waals surface area contributed by atoms with Crippen LogP contribution in [0, 0.1) is 5.82 Å². The minimum Gasteiger partial charge on any atom is -0.369 e. The number of benzene rings is 1. The summed E-state index contributed by atoms with van der Waals surface area (Å²) in [6.45, 7) is 1.75. The maximum Gasteiger partial charge on any atom is 0.259 e. The summed E-state index contributed by atoms with van der Waals surface area (Å²) in [6, 6.07) is 10.0. The maximum atomic E-state index is 12.9. The molecule has 6 nitrogen and oxygen atoms in total. The molecule has 7 heteroatoms. The molecule has 0 saturated carbocycles. The van der Waals surface area contributed by atoms with Gasteiger partial charge in [-0.15, -0.1) is 0 Å². The van der Waals surface area contributed by atoms with Gasteiger partial charge in [0.05, 0.1) is 5.56 Å². The van der Waals surface area contributed by atoms with E-state index in [0.29, 0.717) is 18.1 Å². The number of rotatable bonds is 7. The molecule has 0 aliphatic carbocycles. The lowest BCUT2D eigenvalue weighted by Gasteiger charge is -2.10. The van der Waals surface area contributed by atoms with Gasteiger partial charge in [-0.1, -0.05) is 17.3 Å². The summed E-state index contributed by atoms with van der Waals surface area (Å²) >= 11 is 0. The van der Waals surface area contributed by atoms with E-state index >= 15 is 0 Å². The molecule has 25 heavy (non-hydrogen) atoms. The van der Waals surface area contributed by atoms with Gasteiger partial charge >= 0.3 is 0 Å². The highest BCUT2D eigenvalue weighted by Crippen LogP contribution is 2.18. The number of hydrogen-bond acceptors (Lipinski definition) is 6. The summed E-state index contributed by atoms with van der Waals surface area (Å²) in [5, 5.41) is 7.22. The van der Waals surface area contributed by atoms with E-state index in [2.05, 4.69) is 25.3 Å². The number of nitrogens with zero attached hydrogens (tertiary/aromatic N) is 4. The third-order valence-corrected chi connectivity index (χ3v) is 3.62. The van der Waals surface area contributed by atoms with E-state index in [1.54, 1.807) is 18.3 Å². The largest absolute Gasteiger partial charge is 0.369 e. The van der Waals surface area contributed by atoms with Crippen molar-refractivity contribution >= 4 is 5.82 Å². The van der Waals surface area contributed by atoms with Crippen molar-refractivity contribution in [2.75, 3.05) is 32.5 Å². The Labute approximate surface area is 145 Å². The Kier molecular flexibility index (Phi) is 5.35. The van der Waals surface area contributed by atoms with Crippen molar-refractivity contribution in [1.29, 1.82) is 0 Å². The molecule has 0 atom stereocenters. The van der Waals surface area contributed by atoms with Crippen molar-refractivity contribution in [2.24, 2.45) is 0 Å². The van der Waals surface area contributed by atoms with Gasteiger partial charge in [0.2, 0.25) is 0 Å². The minimum absolute atomic E-state index is 0.261. The predicted octanol–water partition coefficient (Wildman–Crippen LogP) is 2.84. The standard InChI is InChI=1S/C18H20FN5O/c1-24(2)10-9-20-16-8-5-14(12-21-16)18-22-17(23-25-18)11-13-3-6-15(19)7-4-13/h3-8,12H,9-11H2,1-2H3,(H,20,21). The smallest absolute Gasteiger partial charge is 0.259 e. The number of hydrogen-bond donors (Lipinski definition) is 1. The SMILES string of the molecule is CN(C)CCNc1ccc(-c2nc(Cc3ccc(F)cc3)no2)cn1. The van der Waals surface area contributed by atoms with Crippen LogP contribution in [0.15, 0.2) is 47.1 Å². The van der Waals surface area contributed by atoms with E-state index < -0.39 is 0 Å². The van der Waals surface area contributed by atoms with E-state index in [-0.39, 0.29) is 5.82 Å². The van der Waals surface area contributed by atoms with E-state index in [9.17, 15) is 4.39 Å². The molecule has 2 aromatic heterocycles. The molecule has 2 heterocycles. The fourth-order valence-corrected chi connectivity index (χ4v) is 2.26. The van der Waals surface area contributed by atoms with Crippen LogP contribution in [0.2, 0.25) is 0 Å². The number of pyridine rings is 1. The third-order valence-electron chi connectivity index (χ3n) is 3.62. The van der Waals surface area contributed by atoms with Crippen LogP contribution < -0.4 is 5.32 Å². The molecule has 0 unspecified atom stereocenters. The highest BCUT2D eigenvalue weighted by atomic mass is 19.1. The quantitative estimate of drug-likeness (QED) is 0.713. The van der Waals surface area contributed by atoms with Crippen LogP contribution in [0.25, 0.3) is 11.5 Å². The summed E-state index contributed by atoms with van der Waals surface area (Å²) in [7, 11) is 4.05. The van der Waals surface area contributed by atoms with Crippen molar-refractivity contribution in [1.82, 2.24) is 20.0 Å². The maximum absolute atomic E-state index is 12.9. The first-order valence-corrected chi connectivity index (χ1v) is 8.02. The van der Waals surface area contributed by atoms with Gasteiger partial charge in [0.15, 0.2) is 5.82 Å². The second kappa shape index (κ2) is 7.85. The minimum atomic E-state index is -0.261. The molecule has 0 radical (unpaired) electrons. The molecule has 0 fully saturated rings. The van der Waals surface area contributed by atoms with Gasteiger partial charge in [0.1, 0.15) is 11.6 Å². The lowest BCUT2D eigenvalue weighted by Crippen LogP contribution is -2.21. The summed E-state index contributed by atoms with van der Waals surface area (Å²) in [5.74, 6) is 1.51. The molecule has 0 amide bonds. The van der Waals surface area contributed by atoms with Gasteiger partial charge in [0.25, 0.3) is 5.89 Å². The van der Waals surface area contributed by atoms with Gasteiger partial charge in [-0.3, -0.25) is 0 Å². The zero-order valence-corrected chi connectivity index (χ0v) is 14.2. The molecule has 0 aliphatic heterocycles. The molecule has 0 saturated heterocycles. The number of halogens is 1. The van der Waals surface area contributed by atoms with E-state index in [0.717, 1.165) is 30.0 Å². The Morgan fingerprint density at radius 2 is 1.92 bits per heavy atom. The van der Waals surface area contributed by atoms with Crippen molar-refractivity contribution in [3.05, 3.63) is 59.8 Å². The summed E-state index contributed by atoms with van der Waals surface area (Å²) < 4.78 is 18.2. The summed E-state index contributed by atoms with van der Waals surface area (Å²) in [4.78, 5) is 10.8. The van der Waals surface area contributed by atoms with Crippen LogP contribution in [-0.4, -0.2) is 47.2 Å². The van der Waals surface area contributed by atoms with Crippen molar-refractivity contribution in [3.63, 3.8) is 0 Å². The first kappa shape index (κ1) is 17.0. The average Bonchev–Trinajstić information content (AvgIpc) is 3.06. The van der Waals surface area contributed by atoms with Gasteiger partial charge in [0, 0.05) is 25.7 Å². The zero-order chi connectivity index (χ0) is 17.6. The molecule has 1 aromatic carbocycles. The first-order valence-electron chi connectivity index (χ1n) is 8.02. The lowest BCUT2D eigenvalue weighted by molar-refractivity contribution is 0.423. The number of aromatic nitrogens is 3. The number of nitrogens with one attached hydrogen (secondary N) is 1. The Morgan fingerprint density at radius 3 is 2.60 bits per heavy atom. The summed E-state index contributed by atoms with van der Waals surface area (Å²) in [6.07, 6.45) is 2.19. The average molecular weight is 341 g/mol. The molecule has 3 aromatic rings. The predicted molar refractivity (Wildman–Crippen MR) is 93.8 cm³/mol. The van der Waals surface area contributed by atoms with Crippen LogP contribution in [-0.2, 0) is 6.42 Å². The van der Waals surface area contributed by atoms with Crippen LogP contribution in [0.5, 0.6) is 0 Å². The molecular weight excluding hydrogens is 321 g/mol. The highest BCUT2D eigenvalue weighted by Gasteiger charge is 2.10. The van der Waals surface area contributed by atoms with Crippen molar-refractivity contribution in [3.8, 4) is 11.5 Å². The normalized spacial score (nSPS) is 11.0. The van der Waals surface area contributed by atoms with E-state index in [4.69, 9.17) is 4.52 Å². The third kappa shape index (κ3) is 4.84. The number of anilines is 1. The van der Waals surface area contributed by atoms with Crippen LogP contribution in [0.1, 0.15) is 11.4 Å². The molecule has 1 N–H and O–H groups in total. The first-order chi connectivity index (χ1) is 12.1. The Hall–Kier alpha value is -2.80. The Morgan fingerprint density at radius 1 is 1.12 bits per heavy atom. The highest BCUT2D eigenvalue weighted by molar-refractivity contribution is 5.54. The molecule has 0 bridgehead atoms. The second-order valence-electron chi connectivity index (χ2n) is 5.98. The van der Waals surface area contributed by atoms with E-state index in [1.807, 2.05) is 26.2 Å². The lowest BCUT2D eigenvalue weighted by atomic mass is 10.1. The Balaban J connectivity index is 1.62. The van der Waals surface area contributed by atoms with Gasteiger partial charge in [-0.25, -0.2) is 9.37 Å². The van der Waals surface area contributed by atoms with Crippen LogP contribution >= 0.6 is 0 Å². The second-order valence-corrected chi connectivity index (χ2v) is 5.98. The molecule has 130 valence electrons. The zero-order valence-electron chi connectivity index (χ0n) is 14.2. The molecular formula is C18H20FN5O. The van der Waals surface area contributed by atoms with Gasteiger partial charge in [-0.2, -0.15) is 4.98 Å². The molecule has 0 aliphatic rings. The fourth-order valence-electron chi connectivity index (χ4n) is 2.26. The Bertz CT molecular complexity index is 799. The number of likely N-dealkylation sites (N-methyl/N-ethyl adjacent to an activating group) is 1. The molecule has 3 rings (SSSR count). The van der Waals surface area contributed by atoms with Crippen molar-refractivity contribution < 1.29 is 8.91 Å². The van der Waals surface area contributed by atoms with Crippen LogP contribution in [0.4, 0.5) is 10.2 Å². The summed E-state index contributed by atoms with van der Waals surface area (Å²) in [5.41, 5.74) is 1.68. The van der Waals surface area contributed by atoms with Gasteiger partial charge < -0.3 is 14.7 Å². The van der Waals surface area contributed by atoms with Gasteiger partial charge in [-0.05, 0) is 43.9 Å². The van der Waals surface area contributed by atoms with Crippen molar-refractivity contribution in [2.45, 2.75) is 6.42 Å². The molecule has 0 spiro atoms. The van der Waals surface area contributed by atoms with E-state index in [1.165, 1.54) is 12.1 Å².